The van der Waals surface area contributed by atoms with E-state index in [1.54, 1.807) is 30.5 Å². The van der Waals surface area contributed by atoms with Crippen molar-refractivity contribution in [1.29, 1.82) is 0 Å². The number of anilines is 1. The highest BCUT2D eigenvalue weighted by Crippen LogP contribution is 2.24. The topological polar surface area (TPSA) is 80.5 Å². The summed E-state index contributed by atoms with van der Waals surface area (Å²) in [4.78, 5) is 8.16. The van der Waals surface area contributed by atoms with Crippen LogP contribution in [-0.2, 0) is 0 Å². The van der Waals surface area contributed by atoms with Crippen LogP contribution in [-0.4, -0.2) is 20.2 Å². The highest BCUT2D eigenvalue weighted by Gasteiger charge is 2.12. The summed E-state index contributed by atoms with van der Waals surface area (Å²) in [5, 5.41) is 6.77. The molecule has 0 fully saturated rings. The number of H-pyrrole nitrogens is 1. The fourth-order valence-electron chi connectivity index (χ4n) is 1.77. The number of hydrogen-bond donors (Lipinski definition) is 2. The second-order valence-electron chi connectivity index (χ2n) is 3.95. The van der Waals surface area contributed by atoms with Gasteiger partial charge in [0.25, 0.3) is 0 Å². The van der Waals surface area contributed by atoms with Crippen molar-refractivity contribution in [2.75, 3.05) is 5.73 Å². The number of nitrogen functional groups attached to an aromatic ring is 1. The Balaban J connectivity index is 2.06. The van der Waals surface area contributed by atoms with Crippen molar-refractivity contribution in [3.63, 3.8) is 0 Å². The second kappa shape index (κ2) is 4.49. The van der Waals surface area contributed by atoms with Gasteiger partial charge in [-0.1, -0.05) is 12.1 Å². The molecule has 0 spiro atoms. The number of pyridine rings is 1. The van der Waals surface area contributed by atoms with Gasteiger partial charge in [0.2, 0.25) is 0 Å². The maximum atomic E-state index is 13.6. The molecule has 3 N–H and O–H groups in total. The van der Waals surface area contributed by atoms with E-state index in [2.05, 4.69) is 20.2 Å². The first-order valence-corrected chi connectivity index (χ1v) is 5.63. The Morgan fingerprint density at radius 3 is 2.74 bits per heavy atom. The van der Waals surface area contributed by atoms with Crippen LogP contribution in [0.5, 0.6) is 0 Å². The summed E-state index contributed by atoms with van der Waals surface area (Å²) in [6.07, 6.45) is 3.12. The van der Waals surface area contributed by atoms with E-state index in [0.29, 0.717) is 28.5 Å². The van der Waals surface area contributed by atoms with Crippen LogP contribution in [0.4, 0.5) is 10.1 Å². The molecule has 2 aromatic heterocycles. The monoisotopic (exact) mass is 255 g/mol. The van der Waals surface area contributed by atoms with Crippen LogP contribution in [0.25, 0.3) is 22.8 Å². The third-order valence-corrected chi connectivity index (χ3v) is 2.71. The van der Waals surface area contributed by atoms with Crippen LogP contribution in [0.3, 0.4) is 0 Å². The molecule has 0 aliphatic carbocycles. The highest BCUT2D eigenvalue weighted by molar-refractivity contribution is 5.71. The van der Waals surface area contributed by atoms with Gasteiger partial charge in [0.15, 0.2) is 11.6 Å². The molecule has 2 heterocycles. The van der Waals surface area contributed by atoms with E-state index in [1.807, 2.05) is 0 Å². The van der Waals surface area contributed by atoms with E-state index in [4.69, 9.17) is 5.73 Å². The molecule has 5 nitrogen and oxygen atoms in total. The second-order valence-corrected chi connectivity index (χ2v) is 3.95. The summed E-state index contributed by atoms with van der Waals surface area (Å²) < 4.78 is 13.6. The van der Waals surface area contributed by atoms with Crippen LogP contribution in [0, 0.1) is 5.82 Å². The molecule has 0 radical (unpaired) electrons. The average molecular weight is 255 g/mol. The van der Waals surface area contributed by atoms with Crippen molar-refractivity contribution in [2.45, 2.75) is 0 Å². The Bertz CT molecular complexity index is 662. The lowest BCUT2D eigenvalue weighted by molar-refractivity contribution is 0.630. The first kappa shape index (κ1) is 11.3. The molecule has 0 saturated carbocycles. The number of nitrogens with zero attached hydrogens (tertiary/aromatic N) is 3. The minimum atomic E-state index is -0.354. The molecule has 0 amide bonds. The van der Waals surface area contributed by atoms with Gasteiger partial charge in [-0.15, -0.1) is 0 Å². The zero-order valence-electron chi connectivity index (χ0n) is 9.84. The number of nitrogens with two attached hydrogens (primary N) is 1. The molecule has 0 bridgehead atoms. The molecular formula is C13H10FN5. The lowest BCUT2D eigenvalue weighted by Crippen LogP contribution is -1.92. The molecular weight excluding hydrogens is 245 g/mol. The summed E-state index contributed by atoms with van der Waals surface area (Å²) in [5.41, 5.74) is 7.30. The van der Waals surface area contributed by atoms with Crippen LogP contribution < -0.4 is 5.73 Å². The van der Waals surface area contributed by atoms with Crippen LogP contribution in [0.2, 0.25) is 0 Å². The van der Waals surface area contributed by atoms with Crippen molar-refractivity contribution in [3.8, 4) is 22.8 Å². The molecule has 3 rings (SSSR count). The zero-order valence-corrected chi connectivity index (χ0v) is 9.84. The quantitative estimate of drug-likeness (QED) is 0.736. The Morgan fingerprint density at radius 2 is 1.95 bits per heavy atom. The molecule has 94 valence electrons. The smallest absolute Gasteiger partial charge is 0.183 e. The Morgan fingerprint density at radius 1 is 1.11 bits per heavy atom. The third-order valence-electron chi connectivity index (χ3n) is 2.71. The van der Waals surface area contributed by atoms with E-state index in [0.717, 1.165) is 0 Å². The molecule has 6 heteroatoms. The molecule has 19 heavy (non-hydrogen) atoms. The van der Waals surface area contributed by atoms with Gasteiger partial charge in [0.1, 0.15) is 5.82 Å². The number of halogens is 1. The van der Waals surface area contributed by atoms with Crippen molar-refractivity contribution in [3.05, 3.63) is 48.5 Å². The van der Waals surface area contributed by atoms with Crippen molar-refractivity contribution in [1.82, 2.24) is 20.2 Å². The first-order valence-electron chi connectivity index (χ1n) is 5.63. The van der Waals surface area contributed by atoms with Gasteiger partial charge in [-0.05, 0) is 18.2 Å². The normalized spacial score (nSPS) is 10.6. The van der Waals surface area contributed by atoms with Crippen LogP contribution in [0.1, 0.15) is 0 Å². The van der Waals surface area contributed by atoms with Crippen LogP contribution >= 0.6 is 0 Å². The van der Waals surface area contributed by atoms with Gasteiger partial charge >= 0.3 is 0 Å². The van der Waals surface area contributed by atoms with Gasteiger partial charge in [0.05, 0.1) is 17.4 Å². The standard InChI is InChI=1S/C13H10FN5/c14-10-4-2-1-3-8(10)12-17-13(19-18-12)9-5-6-16-7-11(9)15/h1-7H,15H2,(H,17,18,19). The van der Waals surface area contributed by atoms with Crippen LogP contribution in [0.15, 0.2) is 42.7 Å². The van der Waals surface area contributed by atoms with Gasteiger partial charge in [0, 0.05) is 11.8 Å². The number of rotatable bonds is 2. The molecule has 0 saturated heterocycles. The maximum absolute atomic E-state index is 13.6. The van der Waals surface area contributed by atoms with E-state index in [1.165, 1.54) is 12.3 Å². The van der Waals surface area contributed by atoms with Gasteiger partial charge in [-0.25, -0.2) is 9.37 Å². The summed E-state index contributed by atoms with van der Waals surface area (Å²) in [6, 6.07) is 8.08. The predicted molar refractivity (Wildman–Crippen MR) is 69.4 cm³/mol. The minimum Gasteiger partial charge on any atom is -0.397 e. The van der Waals surface area contributed by atoms with Crippen molar-refractivity contribution >= 4 is 5.69 Å². The SMILES string of the molecule is Nc1cnccc1-c1n[nH]c(-c2ccccc2F)n1. The molecule has 0 aliphatic rings. The van der Waals surface area contributed by atoms with Crippen molar-refractivity contribution in [2.24, 2.45) is 0 Å². The molecule has 1 aromatic carbocycles. The Kier molecular flexibility index (Phi) is 2.68. The highest BCUT2D eigenvalue weighted by atomic mass is 19.1. The van der Waals surface area contributed by atoms with Gasteiger partial charge < -0.3 is 5.73 Å². The largest absolute Gasteiger partial charge is 0.397 e. The minimum absolute atomic E-state index is 0.354. The molecule has 0 aliphatic heterocycles. The summed E-state index contributed by atoms with van der Waals surface area (Å²) in [5.74, 6) is 0.426. The Hall–Kier alpha value is -2.76. The van der Waals surface area contributed by atoms with E-state index in [9.17, 15) is 4.39 Å². The summed E-state index contributed by atoms with van der Waals surface area (Å²) in [6.45, 7) is 0. The van der Waals surface area contributed by atoms with Gasteiger partial charge in [-0.3, -0.25) is 10.1 Å². The number of benzene rings is 1. The number of nitrogens with one attached hydrogen (secondary N) is 1. The van der Waals surface area contributed by atoms with Crippen molar-refractivity contribution < 1.29 is 4.39 Å². The average Bonchev–Trinajstić information content (AvgIpc) is 2.89. The number of aromatic amines is 1. The maximum Gasteiger partial charge on any atom is 0.183 e. The third kappa shape index (κ3) is 2.03. The predicted octanol–water partition coefficient (Wildman–Crippen LogP) is 2.25. The fraction of sp³-hybridized carbons (Fsp3) is 0. The number of hydrogen-bond acceptors (Lipinski definition) is 4. The molecule has 0 unspecified atom stereocenters. The van der Waals surface area contributed by atoms with Gasteiger partial charge in [-0.2, -0.15) is 5.10 Å². The van der Waals surface area contributed by atoms with E-state index < -0.39 is 0 Å². The Labute approximate surface area is 108 Å². The first-order chi connectivity index (χ1) is 9.25. The van der Waals surface area contributed by atoms with E-state index in [-0.39, 0.29) is 5.82 Å². The molecule has 0 atom stereocenters. The molecule has 3 aromatic rings. The number of aromatic nitrogens is 4. The summed E-state index contributed by atoms with van der Waals surface area (Å²) in [7, 11) is 0. The zero-order chi connectivity index (χ0) is 13.2. The lowest BCUT2D eigenvalue weighted by atomic mass is 10.2. The lowest BCUT2D eigenvalue weighted by Gasteiger charge is -1.99. The summed E-state index contributed by atoms with van der Waals surface area (Å²) >= 11 is 0. The van der Waals surface area contributed by atoms with E-state index >= 15 is 0 Å². The fourth-order valence-corrected chi connectivity index (χ4v) is 1.77.